The van der Waals surface area contributed by atoms with E-state index in [0.29, 0.717) is 11.4 Å². The van der Waals surface area contributed by atoms with Crippen molar-refractivity contribution < 1.29 is 9.66 Å². The molecule has 0 fully saturated rings. The maximum absolute atomic E-state index is 11.0. The zero-order valence-electron chi connectivity index (χ0n) is 10.3. The molecule has 0 saturated heterocycles. The van der Waals surface area contributed by atoms with Gasteiger partial charge in [-0.25, -0.2) is 0 Å². The lowest BCUT2D eigenvalue weighted by Gasteiger charge is -2.08. The van der Waals surface area contributed by atoms with Crippen molar-refractivity contribution in [2.45, 2.75) is 0 Å². The molecule has 0 unspecified atom stereocenters. The molecule has 3 N–H and O–H groups in total. The third kappa shape index (κ3) is 2.86. The highest BCUT2D eigenvalue weighted by Crippen LogP contribution is 2.31. The minimum absolute atomic E-state index is 0.0716. The molecule has 0 amide bonds. The van der Waals surface area contributed by atoms with E-state index >= 15 is 0 Å². The fraction of sp³-hybridized carbons (Fsp3) is 0.0909. The van der Waals surface area contributed by atoms with Crippen molar-refractivity contribution in [3.8, 4) is 5.75 Å². The minimum atomic E-state index is -0.669. The first-order chi connectivity index (χ1) is 9.51. The SMILES string of the molecule is COc1ccc(Nc2nc(Cl)nc(N)c2[N+](=O)[O-])cc1. The first-order valence-electron chi connectivity index (χ1n) is 5.39. The van der Waals surface area contributed by atoms with E-state index in [-0.39, 0.29) is 16.9 Å². The van der Waals surface area contributed by atoms with Crippen LogP contribution in [0.2, 0.25) is 5.28 Å². The Morgan fingerprint density at radius 1 is 1.35 bits per heavy atom. The van der Waals surface area contributed by atoms with Crippen LogP contribution in [0.5, 0.6) is 5.75 Å². The van der Waals surface area contributed by atoms with Crippen LogP contribution in [0.4, 0.5) is 23.0 Å². The van der Waals surface area contributed by atoms with Crippen molar-refractivity contribution in [1.82, 2.24) is 9.97 Å². The van der Waals surface area contributed by atoms with Crippen molar-refractivity contribution in [3.05, 3.63) is 39.7 Å². The molecule has 1 aromatic heterocycles. The van der Waals surface area contributed by atoms with E-state index < -0.39 is 10.6 Å². The predicted octanol–water partition coefficient (Wildman–Crippen LogP) is 2.37. The highest BCUT2D eigenvalue weighted by atomic mass is 35.5. The summed E-state index contributed by atoms with van der Waals surface area (Å²) in [5.74, 6) is 0.286. The Hall–Kier alpha value is -2.61. The fourth-order valence-corrected chi connectivity index (χ4v) is 1.70. The highest BCUT2D eigenvalue weighted by Gasteiger charge is 2.22. The summed E-state index contributed by atoms with van der Waals surface area (Å²) in [6, 6.07) is 6.74. The molecule has 1 aromatic carbocycles. The van der Waals surface area contributed by atoms with Crippen LogP contribution in [0.25, 0.3) is 0 Å². The number of hydrogen-bond donors (Lipinski definition) is 2. The van der Waals surface area contributed by atoms with E-state index in [1.807, 2.05) is 0 Å². The smallest absolute Gasteiger partial charge is 0.353 e. The van der Waals surface area contributed by atoms with Crippen LogP contribution < -0.4 is 15.8 Å². The molecule has 104 valence electrons. The number of nitro groups is 1. The maximum Gasteiger partial charge on any atom is 0.353 e. The van der Waals surface area contributed by atoms with E-state index in [1.165, 1.54) is 7.11 Å². The number of hydrogen-bond acceptors (Lipinski definition) is 7. The van der Waals surface area contributed by atoms with Gasteiger partial charge in [0.15, 0.2) is 0 Å². The molecule has 8 nitrogen and oxygen atoms in total. The second kappa shape index (κ2) is 5.57. The fourth-order valence-electron chi connectivity index (χ4n) is 1.52. The lowest BCUT2D eigenvalue weighted by Crippen LogP contribution is -2.06. The number of nitrogens with one attached hydrogen (secondary N) is 1. The maximum atomic E-state index is 11.0. The van der Waals surface area contributed by atoms with Crippen molar-refractivity contribution in [3.63, 3.8) is 0 Å². The highest BCUT2D eigenvalue weighted by molar-refractivity contribution is 6.28. The molecular formula is C11H10ClN5O3. The normalized spacial score (nSPS) is 10.1. The summed E-state index contributed by atoms with van der Waals surface area (Å²) in [6.45, 7) is 0. The summed E-state index contributed by atoms with van der Waals surface area (Å²) >= 11 is 5.66. The monoisotopic (exact) mass is 295 g/mol. The van der Waals surface area contributed by atoms with Crippen LogP contribution in [0.15, 0.2) is 24.3 Å². The van der Waals surface area contributed by atoms with Crippen LogP contribution in [-0.2, 0) is 0 Å². The topological polar surface area (TPSA) is 116 Å². The van der Waals surface area contributed by atoms with Gasteiger partial charge in [-0.3, -0.25) is 10.1 Å². The molecule has 0 aliphatic carbocycles. The Morgan fingerprint density at radius 2 is 2.00 bits per heavy atom. The zero-order chi connectivity index (χ0) is 14.7. The number of aromatic nitrogens is 2. The molecular weight excluding hydrogens is 286 g/mol. The van der Waals surface area contributed by atoms with Gasteiger partial charge in [0.2, 0.25) is 16.9 Å². The molecule has 0 saturated carbocycles. The second-order valence-corrected chi connectivity index (χ2v) is 4.02. The number of anilines is 3. The van der Waals surface area contributed by atoms with Crippen molar-refractivity contribution >= 4 is 34.6 Å². The Balaban J connectivity index is 2.39. The van der Waals surface area contributed by atoms with Gasteiger partial charge in [0.05, 0.1) is 12.0 Å². The van der Waals surface area contributed by atoms with Gasteiger partial charge in [0.1, 0.15) is 5.75 Å². The Kier molecular flexibility index (Phi) is 3.85. The predicted molar refractivity (Wildman–Crippen MR) is 74.4 cm³/mol. The average molecular weight is 296 g/mol. The lowest BCUT2D eigenvalue weighted by molar-refractivity contribution is -0.383. The van der Waals surface area contributed by atoms with E-state index in [0.717, 1.165) is 0 Å². The van der Waals surface area contributed by atoms with Crippen molar-refractivity contribution in [2.75, 3.05) is 18.2 Å². The molecule has 2 aromatic rings. The van der Waals surface area contributed by atoms with Gasteiger partial charge in [-0.05, 0) is 35.9 Å². The summed E-state index contributed by atoms with van der Waals surface area (Å²) in [4.78, 5) is 17.7. The second-order valence-electron chi connectivity index (χ2n) is 3.69. The Labute approximate surface area is 118 Å². The minimum Gasteiger partial charge on any atom is -0.497 e. The van der Waals surface area contributed by atoms with Crippen molar-refractivity contribution in [2.24, 2.45) is 0 Å². The first kappa shape index (κ1) is 13.8. The molecule has 0 spiro atoms. The zero-order valence-corrected chi connectivity index (χ0v) is 11.1. The standard InChI is InChI=1S/C11H10ClN5O3/c1-20-7-4-2-6(3-5-7)14-10-8(17(18)19)9(13)15-11(12)16-10/h2-5H,1H3,(H3,13,14,15,16). The number of rotatable bonds is 4. The van der Waals surface area contributed by atoms with Crippen LogP contribution in [-0.4, -0.2) is 22.0 Å². The van der Waals surface area contributed by atoms with Gasteiger partial charge < -0.3 is 15.8 Å². The number of nitrogens with two attached hydrogens (primary N) is 1. The number of halogens is 1. The van der Waals surface area contributed by atoms with Gasteiger partial charge >= 0.3 is 5.69 Å². The number of nitrogen functional groups attached to an aromatic ring is 1. The molecule has 9 heteroatoms. The molecule has 0 atom stereocenters. The summed E-state index contributed by atoms with van der Waals surface area (Å²) in [7, 11) is 1.54. The summed E-state index contributed by atoms with van der Waals surface area (Å²) in [5, 5.41) is 13.6. The Bertz CT molecular complexity index is 647. The molecule has 0 aliphatic heterocycles. The summed E-state index contributed by atoms with van der Waals surface area (Å²) in [6.07, 6.45) is 0. The van der Waals surface area contributed by atoms with E-state index in [1.54, 1.807) is 24.3 Å². The van der Waals surface area contributed by atoms with Gasteiger partial charge in [0.25, 0.3) is 0 Å². The van der Waals surface area contributed by atoms with Gasteiger partial charge in [-0.2, -0.15) is 9.97 Å². The van der Waals surface area contributed by atoms with Gasteiger partial charge in [0, 0.05) is 5.69 Å². The number of benzene rings is 1. The van der Waals surface area contributed by atoms with Crippen LogP contribution in [0.3, 0.4) is 0 Å². The number of methoxy groups -OCH3 is 1. The molecule has 0 bridgehead atoms. The largest absolute Gasteiger partial charge is 0.497 e. The lowest BCUT2D eigenvalue weighted by atomic mass is 10.3. The van der Waals surface area contributed by atoms with Gasteiger partial charge in [-0.1, -0.05) is 0 Å². The van der Waals surface area contributed by atoms with E-state index in [4.69, 9.17) is 22.1 Å². The quantitative estimate of drug-likeness (QED) is 0.505. The summed E-state index contributed by atoms with van der Waals surface area (Å²) in [5.41, 5.74) is 5.63. The van der Waals surface area contributed by atoms with E-state index in [9.17, 15) is 10.1 Å². The molecule has 0 radical (unpaired) electrons. The average Bonchev–Trinajstić information content (AvgIpc) is 2.38. The number of nitrogens with zero attached hydrogens (tertiary/aromatic N) is 3. The molecule has 20 heavy (non-hydrogen) atoms. The van der Waals surface area contributed by atoms with Crippen LogP contribution >= 0.6 is 11.6 Å². The number of ether oxygens (including phenoxy) is 1. The summed E-state index contributed by atoms with van der Waals surface area (Å²) < 4.78 is 5.02. The van der Waals surface area contributed by atoms with E-state index in [2.05, 4.69) is 15.3 Å². The third-order valence-electron chi connectivity index (χ3n) is 2.42. The molecule has 2 rings (SSSR count). The molecule has 0 aliphatic rings. The van der Waals surface area contributed by atoms with Crippen molar-refractivity contribution in [1.29, 1.82) is 0 Å². The van der Waals surface area contributed by atoms with Crippen LogP contribution in [0.1, 0.15) is 0 Å². The molecule has 1 heterocycles. The Morgan fingerprint density at radius 3 is 2.55 bits per heavy atom. The first-order valence-corrected chi connectivity index (χ1v) is 5.77. The van der Waals surface area contributed by atoms with Crippen LogP contribution in [0, 0.1) is 10.1 Å². The third-order valence-corrected chi connectivity index (χ3v) is 2.59. The van der Waals surface area contributed by atoms with Gasteiger partial charge in [-0.15, -0.1) is 0 Å².